The van der Waals surface area contributed by atoms with E-state index in [1.165, 1.54) is 11.8 Å². The first-order chi connectivity index (χ1) is 9.97. The second-order valence-electron chi connectivity index (χ2n) is 4.57. The number of hydrogen-bond acceptors (Lipinski definition) is 3. The summed E-state index contributed by atoms with van der Waals surface area (Å²) in [5.41, 5.74) is 1.87. The number of hydrogen-bond donors (Lipinski definition) is 1. The number of anilines is 1. The normalized spacial score (nSPS) is 10.3. The van der Waals surface area contributed by atoms with E-state index < -0.39 is 0 Å². The van der Waals surface area contributed by atoms with Crippen LogP contribution >= 0.6 is 34.4 Å². The van der Waals surface area contributed by atoms with Crippen LogP contribution in [0.3, 0.4) is 0 Å². The Bertz CT molecular complexity index is 504. The lowest BCUT2D eigenvalue weighted by atomic mass is 10.2. The number of amides is 2. The molecular formula is C15H21IN2O2S. The molecule has 0 saturated heterocycles. The Morgan fingerprint density at radius 1 is 1.24 bits per heavy atom. The van der Waals surface area contributed by atoms with Crippen LogP contribution in [0.25, 0.3) is 0 Å². The summed E-state index contributed by atoms with van der Waals surface area (Å²) in [4.78, 5) is 25.5. The van der Waals surface area contributed by atoms with Crippen molar-refractivity contribution in [1.82, 2.24) is 4.90 Å². The molecule has 0 aliphatic heterocycles. The third kappa shape index (κ3) is 6.25. The molecule has 0 fully saturated rings. The van der Waals surface area contributed by atoms with E-state index in [4.69, 9.17) is 0 Å². The molecule has 0 bridgehead atoms. The summed E-state index contributed by atoms with van der Waals surface area (Å²) in [6.45, 7) is 7.30. The van der Waals surface area contributed by atoms with Gasteiger partial charge in [-0.2, -0.15) is 0 Å². The highest BCUT2D eigenvalue weighted by Gasteiger charge is 2.11. The Morgan fingerprint density at radius 2 is 1.90 bits per heavy atom. The molecule has 0 saturated carbocycles. The molecule has 0 heterocycles. The first kappa shape index (κ1) is 18.3. The van der Waals surface area contributed by atoms with Crippen LogP contribution in [0.2, 0.25) is 0 Å². The quantitative estimate of drug-likeness (QED) is 0.690. The molecule has 0 aromatic heterocycles. The summed E-state index contributed by atoms with van der Waals surface area (Å²) in [6, 6.07) is 5.88. The zero-order valence-electron chi connectivity index (χ0n) is 12.6. The van der Waals surface area contributed by atoms with Crippen LogP contribution in [0.5, 0.6) is 0 Å². The van der Waals surface area contributed by atoms with Gasteiger partial charge in [-0.25, -0.2) is 0 Å². The molecule has 1 aromatic rings. The number of aryl methyl sites for hydroxylation is 1. The zero-order chi connectivity index (χ0) is 15.8. The van der Waals surface area contributed by atoms with Crippen LogP contribution in [0.1, 0.15) is 19.4 Å². The second-order valence-corrected chi connectivity index (χ2v) is 6.80. The van der Waals surface area contributed by atoms with E-state index in [-0.39, 0.29) is 11.8 Å². The minimum atomic E-state index is -0.0725. The number of halogens is 1. The highest BCUT2D eigenvalue weighted by atomic mass is 127. The summed E-state index contributed by atoms with van der Waals surface area (Å²) in [7, 11) is 0. The van der Waals surface area contributed by atoms with E-state index in [2.05, 4.69) is 27.9 Å². The lowest BCUT2D eigenvalue weighted by molar-refractivity contribution is -0.127. The van der Waals surface area contributed by atoms with E-state index in [1.54, 1.807) is 4.90 Å². The summed E-state index contributed by atoms with van der Waals surface area (Å²) in [5, 5.41) is 2.88. The topological polar surface area (TPSA) is 49.4 Å². The van der Waals surface area contributed by atoms with Crippen molar-refractivity contribution in [2.45, 2.75) is 20.8 Å². The number of thioether (sulfide) groups is 1. The van der Waals surface area contributed by atoms with Gasteiger partial charge in [0, 0.05) is 22.3 Å². The van der Waals surface area contributed by atoms with Crippen molar-refractivity contribution < 1.29 is 9.59 Å². The molecule has 0 aliphatic rings. The van der Waals surface area contributed by atoms with Gasteiger partial charge in [0.25, 0.3) is 0 Å². The number of carbonyl (C=O) groups excluding carboxylic acids is 2. The smallest absolute Gasteiger partial charge is 0.234 e. The van der Waals surface area contributed by atoms with Gasteiger partial charge in [0.05, 0.1) is 11.5 Å². The van der Waals surface area contributed by atoms with Gasteiger partial charge in [-0.3, -0.25) is 9.59 Å². The fraction of sp³-hybridized carbons (Fsp3) is 0.467. The van der Waals surface area contributed by atoms with Crippen molar-refractivity contribution in [3.63, 3.8) is 0 Å². The van der Waals surface area contributed by atoms with Gasteiger partial charge in [0.1, 0.15) is 0 Å². The maximum absolute atomic E-state index is 11.9. The van der Waals surface area contributed by atoms with Gasteiger partial charge in [0.2, 0.25) is 11.8 Å². The van der Waals surface area contributed by atoms with E-state index in [0.717, 1.165) is 14.8 Å². The van der Waals surface area contributed by atoms with Crippen molar-refractivity contribution in [2.75, 3.05) is 29.9 Å². The zero-order valence-corrected chi connectivity index (χ0v) is 15.6. The molecule has 116 valence electrons. The Balaban J connectivity index is 2.39. The van der Waals surface area contributed by atoms with Crippen molar-refractivity contribution in [3.05, 3.63) is 27.3 Å². The van der Waals surface area contributed by atoms with Gasteiger partial charge in [-0.05, 0) is 67.1 Å². The van der Waals surface area contributed by atoms with Gasteiger partial charge in [-0.15, -0.1) is 11.8 Å². The maximum atomic E-state index is 11.9. The number of nitrogens with zero attached hydrogens (tertiary/aromatic N) is 1. The summed E-state index contributed by atoms with van der Waals surface area (Å²) >= 11 is 3.59. The van der Waals surface area contributed by atoms with E-state index in [1.807, 2.05) is 39.0 Å². The first-order valence-electron chi connectivity index (χ1n) is 6.89. The Morgan fingerprint density at radius 3 is 2.48 bits per heavy atom. The SMILES string of the molecule is CCN(CC)C(=O)CSCC(=O)Nc1ccc(I)cc1C. The Hall–Kier alpha value is -0.760. The second kappa shape index (κ2) is 9.30. The minimum absolute atomic E-state index is 0.0725. The van der Waals surface area contributed by atoms with Crippen LogP contribution < -0.4 is 5.32 Å². The molecule has 0 atom stereocenters. The van der Waals surface area contributed by atoms with Crippen molar-refractivity contribution in [1.29, 1.82) is 0 Å². The van der Waals surface area contributed by atoms with Crippen molar-refractivity contribution in [2.24, 2.45) is 0 Å². The van der Waals surface area contributed by atoms with Gasteiger partial charge in [0.15, 0.2) is 0 Å². The van der Waals surface area contributed by atoms with Crippen LogP contribution in [-0.2, 0) is 9.59 Å². The van der Waals surface area contributed by atoms with Crippen molar-refractivity contribution >= 4 is 51.9 Å². The fourth-order valence-electron chi connectivity index (χ4n) is 1.85. The monoisotopic (exact) mass is 420 g/mol. The molecule has 1 aromatic carbocycles. The number of benzene rings is 1. The van der Waals surface area contributed by atoms with Crippen molar-refractivity contribution in [3.8, 4) is 0 Å². The summed E-state index contributed by atoms with van der Waals surface area (Å²) < 4.78 is 1.14. The molecule has 21 heavy (non-hydrogen) atoms. The highest BCUT2D eigenvalue weighted by molar-refractivity contribution is 14.1. The molecule has 1 rings (SSSR count). The van der Waals surface area contributed by atoms with Gasteiger partial charge in [-0.1, -0.05) is 0 Å². The predicted octanol–water partition coefficient (Wildman–Crippen LogP) is 3.14. The van der Waals surface area contributed by atoms with Gasteiger partial charge >= 0.3 is 0 Å². The van der Waals surface area contributed by atoms with Crippen LogP contribution in [-0.4, -0.2) is 41.3 Å². The Kier molecular flexibility index (Phi) is 8.10. The first-order valence-corrected chi connectivity index (χ1v) is 9.12. The van der Waals surface area contributed by atoms with Crippen LogP contribution in [0.4, 0.5) is 5.69 Å². The molecule has 2 amide bonds. The van der Waals surface area contributed by atoms with Crippen LogP contribution in [0, 0.1) is 10.5 Å². The lowest BCUT2D eigenvalue weighted by Gasteiger charge is -2.18. The van der Waals surface area contributed by atoms with E-state index in [0.29, 0.717) is 24.6 Å². The molecule has 4 nitrogen and oxygen atoms in total. The fourth-order valence-corrected chi connectivity index (χ4v) is 3.22. The number of carbonyl (C=O) groups is 2. The third-order valence-corrected chi connectivity index (χ3v) is 4.63. The predicted molar refractivity (Wildman–Crippen MR) is 97.8 cm³/mol. The number of rotatable bonds is 7. The minimum Gasteiger partial charge on any atom is -0.343 e. The highest BCUT2D eigenvalue weighted by Crippen LogP contribution is 2.18. The Labute approximate surface area is 144 Å². The lowest BCUT2D eigenvalue weighted by Crippen LogP contribution is -2.32. The molecule has 1 N–H and O–H groups in total. The average molecular weight is 420 g/mol. The standard InChI is InChI=1S/C15H21IN2O2S/c1-4-18(5-2)15(20)10-21-9-14(19)17-13-7-6-12(16)8-11(13)3/h6-8H,4-5,9-10H2,1-3H3,(H,17,19). The van der Waals surface area contributed by atoms with E-state index in [9.17, 15) is 9.59 Å². The van der Waals surface area contributed by atoms with Crippen LogP contribution in [0.15, 0.2) is 18.2 Å². The van der Waals surface area contributed by atoms with Gasteiger partial charge < -0.3 is 10.2 Å². The largest absolute Gasteiger partial charge is 0.343 e. The molecule has 6 heteroatoms. The summed E-state index contributed by atoms with van der Waals surface area (Å²) in [6.07, 6.45) is 0. The molecule has 0 spiro atoms. The average Bonchev–Trinajstić information content (AvgIpc) is 2.43. The third-order valence-electron chi connectivity index (χ3n) is 3.04. The van der Waals surface area contributed by atoms with E-state index >= 15 is 0 Å². The maximum Gasteiger partial charge on any atom is 0.234 e. The molecule has 0 radical (unpaired) electrons. The number of nitrogens with one attached hydrogen (secondary N) is 1. The summed E-state index contributed by atoms with van der Waals surface area (Å²) in [5.74, 6) is 0.652. The molecule has 0 aliphatic carbocycles. The molecular weight excluding hydrogens is 399 g/mol. The molecule has 0 unspecified atom stereocenters.